The number of hydrogen-bond acceptors (Lipinski definition) is 3. The highest BCUT2D eigenvalue weighted by atomic mass is 16.3. The molecule has 0 aliphatic carbocycles. The fourth-order valence-electron chi connectivity index (χ4n) is 1.81. The first-order valence-electron chi connectivity index (χ1n) is 5.84. The van der Waals surface area contributed by atoms with Crippen molar-refractivity contribution in [2.45, 2.75) is 45.3 Å². The number of nitrogens with one attached hydrogen (secondary N) is 1. The summed E-state index contributed by atoms with van der Waals surface area (Å²) in [7, 11) is 0. The van der Waals surface area contributed by atoms with Gasteiger partial charge >= 0.3 is 0 Å². The van der Waals surface area contributed by atoms with Crippen LogP contribution in [-0.4, -0.2) is 48.3 Å². The molecule has 0 aromatic carbocycles. The number of rotatable bonds is 6. The van der Waals surface area contributed by atoms with E-state index in [1.807, 2.05) is 13.8 Å². The number of hydrogen-bond donors (Lipinski definition) is 2. The maximum Gasteiger partial charge on any atom is 0.0662 e. The van der Waals surface area contributed by atoms with Crippen LogP contribution in [0.1, 0.15) is 33.1 Å². The summed E-state index contributed by atoms with van der Waals surface area (Å²) in [5.41, 5.74) is 0. The van der Waals surface area contributed by atoms with Crippen LogP contribution in [0, 0.1) is 0 Å². The third kappa shape index (κ3) is 4.40. The maximum atomic E-state index is 9.26. The molecule has 1 saturated heterocycles. The van der Waals surface area contributed by atoms with Gasteiger partial charge in [0.05, 0.1) is 6.10 Å². The molecule has 0 saturated carbocycles. The van der Waals surface area contributed by atoms with E-state index in [-0.39, 0.29) is 12.1 Å². The van der Waals surface area contributed by atoms with Gasteiger partial charge < -0.3 is 15.3 Å². The highest BCUT2D eigenvalue weighted by Gasteiger charge is 2.11. The topological polar surface area (TPSA) is 35.5 Å². The van der Waals surface area contributed by atoms with E-state index in [2.05, 4.69) is 10.2 Å². The SMILES string of the molecule is CC(O)C(C)NCCCN1CCCC1. The van der Waals surface area contributed by atoms with Gasteiger partial charge in [-0.3, -0.25) is 0 Å². The molecule has 2 atom stereocenters. The molecule has 1 aliphatic heterocycles. The lowest BCUT2D eigenvalue weighted by Gasteiger charge is -2.18. The summed E-state index contributed by atoms with van der Waals surface area (Å²) in [6, 6.07) is 0.216. The average molecular weight is 200 g/mol. The Morgan fingerprint density at radius 2 is 1.93 bits per heavy atom. The van der Waals surface area contributed by atoms with Crippen molar-refractivity contribution in [2.75, 3.05) is 26.2 Å². The van der Waals surface area contributed by atoms with E-state index in [0.717, 1.165) is 6.54 Å². The molecule has 2 unspecified atom stereocenters. The normalized spacial score (nSPS) is 22.5. The molecule has 3 nitrogen and oxygen atoms in total. The van der Waals surface area contributed by atoms with E-state index in [9.17, 15) is 5.11 Å². The third-order valence-electron chi connectivity index (χ3n) is 3.04. The Hall–Kier alpha value is -0.120. The first-order chi connectivity index (χ1) is 6.70. The van der Waals surface area contributed by atoms with Crippen molar-refractivity contribution in [1.29, 1.82) is 0 Å². The molecular formula is C11H24N2O. The van der Waals surface area contributed by atoms with Gasteiger partial charge in [-0.05, 0) is 59.3 Å². The van der Waals surface area contributed by atoms with E-state index >= 15 is 0 Å². The maximum absolute atomic E-state index is 9.26. The minimum absolute atomic E-state index is 0.216. The van der Waals surface area contributed by atoms with Crippen molar-refractivity contribution < 1.29 is 5.11 Å². The van der Waals surface area contributed by atoms with Crippen LogP contribution in [0.15, 0.2) is 0 Å². The first-order valence-corrected chi connectivity index (χ1v) is 5.84. The standard InChI is InChI=1S/C11H24N2O/c1-10(11(2)14)12-6-5-9-13-7-3-4-8-13/h10-12,14H,3-9H2,1-2H3. The fraction of sp³-hybridized carbons (Fsp3) is 1.00. The Labute approximate surface area is 87.5 Å². The molecule has 1 heterocycles. The molecule has 2 N–H and O–H groups in total. The van der Waals surface area contributed by atoms with Gasteiger partial charge in [0.1, 0.15) is 0 Å². The average Bonchev–Trinajstić information content (AvgIpc) is 2.64. The minimum atomic E-state index is -0.248. The molecule has 84 valence electrons. The number of nitrogens with zero attached hydrogens (tertiary/aromatic N) is 1. The van der Waals surface area contributed by atoms with Crippen molar-refractivity contribution in [3.63, 3.8) is 0 Å². The molecule has 0 aromatic rings. The second-order valence-electron chi connectivity index (χ2n) is 4.39. The molecule has 0 radical (unpaired) electrons. The summed E-state index contributed by atoms with van der Waals surface area (Å²) in [6.45, 7) is 8.65. The lowest BCUT2D eigenvalue weighted by atomic mass is 10.2. The summed E-state index contributed by atoms with van der Waals surface area (Å²) < 4.78 is 0. The van der Waals surface area contributed by atoms with Gasteiger partial charge in [0.25, 0.3) is 0 Å². The van der Waals surface area contributed by atoms with Crippen molar-refractivity contribution in [3.05, 3.63) is 0 Å². The monoisotopic (exact) mass is 200 g/mol. The van der Waals surface area contributed by atoms with Gasteiger partial charge in [-0.1, -0.05) is 0 Å². The third-order valence-corrected chi connectivity index (χ3v) is 3.04. The lowest BCUT2D eigenvalue weighted by molar-refractivity contribution is 0.152. The molecule has 0 bridgehead atoms. The van der Waals surface area contributed by atoms with E-state index in [0.29, 0.717) is 0 Å². The fourth-order valence-corrected chi connectivity index (χ4v) is 1.81. The van der Waals surface area contributed by atoms with Crippen molar-refractivity contribution in [3.8, 4) is 0 Å². The van der Waals surface area contributed by atoms with Gasteiger partial charge in [-0.2, -0.15) is 0 Å². The van der Waals surface area contributed by atoms with Crippen LogP contribution in [0.2, 0.25) is 0 Å². The summed E-state index contributed by atoms with van der Waals surface area (Å²) >= 11 is 0. The zero-order valence-corrected chi connectivity index (χ0v) is 9.50. The van der Waals surface area contributed by atoms with Gasteiger partial charge in [-0.25, -0.2) is 0 Å². The second-order valence-corrected chi connectivity index (χ2v) is 4.39. The van der Waals surface area contributed by atoms with Gasteiger partial charge in [0, 0.05) is 6.04 Å². The van der Waals surface area contributed by atoms with Crippen LogP contribution in [0.4, 0.5) is 0 Å². The number of aliphatic hydroxyl groups is 1. The summed E-state index contributed by atoms with van der Waals surface area (Å²) in [4.78, 5) is 2.52. The molecule has 1 fully saturated rings. The smallest absolute Gasteiger partial charge is 0.0662 e. The minimum Gasteiger partial charge on any atom is -0.392 e. The molecule has 1 rings (SSSR count). The Morgan fingerprint density at radius 3 is 2.50 bits per heavy atom. The predicted molar refractivity (Wildman–Crippen MR) is 59.4 cm³/mol. The Morgan fingerprint density at radius 1 is 1.29 bits per heavy atom. The van der Waals surface area contributed by atoms with Crippen molar-refractivity contribution in [1.82, 2.24) is 10.2 Å². The highest BCUT2D eigenvalue weighted by molar-refractivity contribution is 4.69. The van der Waals surface area contributed by atoms with Crippen LogP contribution in [-0.2, 0) is 0 Å². The molecule has 3 heteroatoms. The second kappa shape index (κ2) is 6.38. The quantitative estimate of drug-likeness (QED) is 0.623. The van der Waals surface area contributed by atoms with Gasteiger partial charge in [0.2, 0.25) is 0 Å². The number of aliphatic hydroxyl groups excluding tert-OH is 1. The van der Waals surface area contributed by atoms with Crippen molar-refractivity contribution in [2.24, 2.45) is 0 Å². The van der Waals surface area contributed by atoms with Crippen LogP contribution in [0.25, 0.3) is 0 Å². The Balaban J connectivity index is 1.93. The Kier molecular flexibility index (Phi) is 5.45. The molecule has 0 amide bonds. The highest BCUT2D eigenvalue weighted by Crippen LogP contribution is 2.06. The molecular weight excluding hydrogens is 176 g/mol. The zero-order chi connectivity index (χ0) is 10.4. The molecule has 1 aliphatic rings. The molecule has 0 aromatic heterocycles. The van der Waals surface area contributed by atoms with Gasteiger partial charge in [-0.15, -0.1) is 0 Å². The van der Waals surface area contributed by atoms with E-state index in [1.54, 1.807) is 0 Å². The molecule has 14 heavy (non-hydrogen) atoms. The van der Waals surface area contributed by atoms with E-state index < -0.39 is 0 Å². The zero-order valence-electron chi connectivity index (χ0n) is 9.50. The van der Waals surface area contributed by atoms with Crippen LogP contribution in [0.3, 0.4) is 0 Å². The van der Waals surface area contributed by atoms with Crippen LogP contribution in [0.5, 0.6) is 0 Å². The van der Waals surface area contributed by atoms with Crippen LogP contribution >= 0.6 is 0 Å². The number of likely N-dealkylation sites (tertiary alicyclic amines) is 1. The summed E-state index contributed by atoms with van der Waals surface area (Å²) in [6.07, 6.45) is 3.69. The largest absolute Gasteiger partial charge is 0.392 e. The summed E-state index contributed by atoms with van der Waals surface area (Å²) in [5, 5.41) is 12.6. The summed E-state index contributed by atoms with van der Waals surface area (Å²) in [5.74, 6) is 0. The van der Waals surface area contributed by atoms with Gasteiger partial charge in [0.15, 0.2) is 0 Å². The lowest BCUT2D eigenvalue weighted by Crippen LogP contribution is -2.37. The Bertz CT molecular complexity index is 140. The van der Waals surface area contributed by atoms with E-state index in [1.165, 1.54) is 38.9 Å². The van der Waals surface area contributed by atoms with Crippen molar-refractivity contribution >= 4 is 0 Å². The van der Waals surface area contributed by atoms with Crippen LogP contribution < -0.4 is 5.32 Å². The first kappa shape index (κ1) is 12.0. The molecule has 0 spiro atoms. The van der Waals surface area contributed by atoms with E-state index in [4.69, 9.17) is 0 Å². The predicted octanol–water partition coefficient (Wildman–Crippen LogP) is 0.831.